The topological polar surface area (TPSA) is 67.4 Å². The van der Waals surface area contributed by atoms with Gasteiger partial charge in [-0.2, -0.15) is 0 Å². The van der Waals surface area contributed by atoms with Gasteiger partial charge < -0.3 is 10.1 Å². The maximum atomic E-state index is 12.9. The van der Waals surface area contributed by atoms with Crippen molar-refractivity contribution in [3.8, 4) is 5.75 Å². The summed E-state index contributed by atoms with van der Waals surface area (Å²) in [7, 11) is -3.64. The van der Waals surface area contributed by atoms with Gasteiger partial charge in [-0.1, -0.05) is 12.1 Å². The maximum Gasteiger partial charge on any atom is 0.261 e. The number of rotatable bonds is 3. The Bertz CT molecular complexity index is 952. The van der Waals surface area contributed by atoms with Crippen molar-refractivity contribution in [1.29, 1.82) is 0 Å². The quantitative estimate of drug-likeness (QED) is 0.868. The van der Waals surface area contributed by atoms with Crippen LogP contribution in [0.2, 0.25) is 0 Å². The molecule has 0 aromatic heterocycles. The number of hydrogen-bond donors (Lipinski definition) is 2. The van der Waals surface area contributed by atoms with E-state index in [1.54, 1.807) is 18.2 Å². The molecule has 2 aromatic carbocycles. The van der Waals surface area contributed by atoms with Crippen LogP contribution in [-0.2, 0) is 29.4 Å². The van der Waals surface area contributed by atoms with E-state index in [4.69, 9.17) is 4.74 Å². The molecule has 6 heteroatoms. The lowest BCUT2D eigenvalue weighted by molar-refractivity contribution is 0.0845. The minimum atomic E-state index is -3.64. The highest BCUT2D eigenvalue weighted by Gasteiger charge is 2.28. The minimum Gasteiger partial charge on any atom is -0.488 e. The molecule has 2 heterocycles. The van der Waals surface area contributed by atoms with Gasteiger partial charge in [0.15, 0.2) is 0 Å². The molecule has 2 aliphatic rings. The second kappa shape index (κ2) is 6.28. The van der Waals surface area contributed by atoms with Gasteiger partial charge in [0.1, 0.15) is 11.4 Å². The van der Waals surface area contributed by atoms with E-state index in [0.29, 0.717) is 5.69 Å². The molecule has 4 rings (SSSR count). The zero-order chi connectivity index (χ0) is 18.4. The standard InChI is InChI=1S/C20H24N2O3S/c1-20(2)10-8-14-12-16(6-7-19(14)25-20)26(23,24)22-18-5-3-4-15-13-21-11-9-17(15)18/h3-7,12,21-22H,8-11,13H2,1-2H3. The average molecular weight is 372 g/mol. The van der Waals surface area contributed by atoms with Crippen LogP contribution in [0.1, 0.15) is 37.0 Å². The second-order valence-electron chi connectivity index (χ2n) is 7.61. The number of fused-ring (bicyclic) bond motifs is 2. The third-order valence-electron chi connectivity index (χ3n) is 5.11. The number of anilines is 1. The van der Waals surface area contributed by atoms with Gasteiger partial charge in [0.25, 0.3) is 10.0 Å². The van der Waals surface area contributed by atoms with Crippen molar-refractivity contribution >= 4 is 15.7 Å². The molecule has 0 spiro atoms. The van der Waals surface area contributed by atoms with Crippen molar-refractivity contribution in [3.63, 3.8) is 0 Å². The normalized spacial score (nSPS) is 18.4. The van der Waals surface area contributed by atoms with E-state index in [0.717, 1.165) is 54.8 Å². The summed E-state index contributed by atoms with van der Waals surface area (Å²) in [6.07, 6.45) is 2.51. The van der Waals surface area contributed by atoms with Crippen molar-refractivity contribution in [3.05, 3.63) is 53.1 Å². The van der Waals surface area contributed by atoms with Crippen molar-refractivity contribution in [2.45, 2.75) is 50.2 Å². The van der Waals surface area contributed by atoms with Crippen LogP contribution in [0.5, 0.6) is 5.75 Å². The molecule has 0 saturated carbocycles. The van der Waals surface area contributed by atoms with E-state index in [-0.39, 0.29) is 10.5 Å². The van der Waals surface area contributed by atoms with Gasteiger partial charge in [-0.15, -0.1) is 0 Å². The average Bonchev–Trinajstić information content (AvgIpc) is 2.60. The molecule has 0 amide bonds. The lowest BCUT2D eigenvalue weighted by atomic mass is 9.94. The van der Waals surface area contributed by atoms with Gasteiger partial charge in [-0.05, 0) is 80.6 Å². The third-order valence-corrected chi connectivity index (χ3v) is 6.47. The summed E-state index contributed by atoms with van der Waals surface area (Å²) < 4.78 is 34.6. The van der Waals surface area contributed by atoms with E-state index in [1.165, 1.54) is 0 Å². The van der Waals surface area contributed by atoms with Crippen molar-refractivity contribution in [2.24, 2.45) is 0 Å². The van der Waals surface area contributed by atoms with E-state index in [2.05, 4.69) is 23.9 Å². The molecule has 0 aliphatic carbocycles. The molecule has 138 valence electrons. The van der Waals surface area contributed by atoms with Crippen LogP contribution in [0.4, 0.5) is 5.69 Å². The molecular formula is C20H24N2O3S. The molecule has 0 atom stereocenters. The fourth-order valence-electron chi connectivity index (χ4n) is 3.63. The fourth-order valence-corrected chi connectivity index (χ4v) is 4.78. The zero-order valence-electron chi connectivity index (χ0n) is 15.1. The Labute approximate surface area is 154 Å². The van der Waals surface area contributed by atoms with E-state index in [1.807, 2.05) is 18.2 Å². The Morgan fingerprint density at radius 3 is 2.81 bits per heavy atom. The molecule has 0 radical (unpaired) electrons. The predicted molar refractivity (Wildman–Crippen MR) is 102 cm³/mol. The first-order valence-electron chi connectivity index (χ1n) is 9.00. The Kier molecular flexibility index (Phi) is 4.20. The number of sulfonamides is 1. The second-order valence-corrected chi connectivity index (χ2v) is 9.29. The molecule has 0 fully saturated rings. The number of benzene rings is 2. The number of hydrogen-bond acceptors (Lipinski definition) is 4. The molecule has 5 nitrogen and oxygen atoms in total. The summed E-state index contributed by atoms with van der Waals surface area (Å²) in [5.41, 5.74) is 3.66. The first-order chi connectivity index (χ1) is 12.3. The van der Waals surface area contributed by atoms with Crippen LogP contribution >= 0.6 is 0 Å². The van der Waals surface area contributed by atoms with Gasteiger partial charge >= 0.3 is 0 Å². The van der Waals surface area contributed by atoms with E-state index in [9.17, 15) is 8.42 Å². The summed E-state index contributed by atoms with van der Waals surface area (Å²) in [5, 5.41) is 3.31. The van der Waals surface area contributed by atoms with Crippen LogP contribution in [0.25, 0.3) is 0 Å². The Hall–Kier alpha value is -2.05. The lowest BCUT2D eigenvalue weighted by Crippen LogP contribution is -2.32. The van der Waals surface area contributed by atoms with Crippen LogP contribution in [0.15, 0.2) is 41.3 Å². The molecule has 0 bridgehead atoms. The van der Waals surface area contributed by atoms with Gasteiger partial charge in [0.2, 0.25) is 0 Å². The lowest BCUT2D eigenvalue weighted by Gasteiger charge is -2.32. The number of nitrogens with one attached hydrogen (secondary N) is 2. The van der Waals surface area contributed by atoms with Gasteiger partial charge in [-0.25, -0.2) is 8.42 Å². The van der Waals surface area contributed by atoms with Crippen LogP contribution < -0.4 is 14.8 Å². The van der Waals surface area contributed by atoms with Crippen LogP contribution in [-0.4, -0.2) is 20.6 Å². The number of aryl methyl sites for hydroxylation is 1. The highest BCUT2D eigenvalue weighted by molar-refractivity contribution is 7.92. The van der Waals surface area contributed by atoms with Gasteiger partial charge in [0.05, 0.1) is 10.6 Å². The summed E-state index contributed by atoms with van der Waals surface area (Å²) >= 11 is 0. The SMILES string of the molecule is CC1(C)CCc2cc(S(=O)(=O)Nc3cccc4c3CCNC4)ccc2O1. The molecule has 0 saturated heterocycles. The molecule has 26 heavy (non-hydrogen) atoms. The maximum absolute atomic E-state index is 12.9. The van der Waals surface area contributed by atoms with Crippen LogP contribution in [0, 0.1) is 0 Å². The molecule has 0 unspecified atom stereocenters. The van der Waals surface area contributed by atoms with Gasteiger partial charge in [0, 0.05) is 6.54 Å². The van der Waals surface area contributed by atoms with Crippen molar-refractivity contribution in [2.75, 3.05) is 11.3 Å². The fraction of sp³-hybridized carbons (Fsp3) is 0.400. The van der Waals surface area contributed by atoms with Crippen molar-refractivity contribution in [1.82, 2.24) is 5.32 Å². The van der Waals surface area contributed by atoms with E-state index < -0.39 is 10.0 Å². The third kappa shape index (κ3) is 3.31. The predicted octanol–water partition coefficient (Wildman–Crippen LogP) is 3.24. The van der Waals surface area contributed by atoms with Crippen molar-refractivity contribution < 1.29 is 13.2 Å². The monoisotopic (exact) mass is 372 g/mol. The minimum absolute atomic E-state index is 0.206. The smallest absolute Gasteiger partial charge is 0.261 e. The summed E-state index contributed by atoms with van der Waals surface area (Å²) in [6.45, 7) is 5.74. The summed E-state index contributed by atoms with van der Waals surface area (Å²) in [5.74, 6) is 0.781. The van der Waals surface area contributed by atoms with E-state index >= 15 is 0 Å². The summed E-state index contributed by atoms with van der Waals surface area (Å²) in [6, 6.07) is 10.9. The Morgan fingerprint density at radius 2 is 1.96 bits per heavy atom. The molecule has 2 aliphatic heterocycles. The Balaban J connectivity index is 1.64. The highest BCUT2D eigenvalue weighted by Crippen LogP contribution is 2.35. The number of ether oxygens (including phenoxy) is 1. The first kappa shape index (κ1) is 17.4. The zero-order valence-corrected chi connectivity index (χ0v) is 15.9. The Morgan fingerprint density at radius 1 is 1.12 bits per heavy atom. The van der Waals surface area contributed by atoms with Crippen LogP contribution in [0.3, 0.4) is 0 Å². The molecule has 2 N–H and O–H groups in total. The summed E-state index contributed by atoms with van der Waals surface area (Å²) in [4.78, 5) is 0.283. The highest BCUT2D eigenvalue weighted by atomic mass is 32.2. The molecular weight excluding hydrogens is 348 g/mol. The first-order valence-corrected chi connectivity index (χ1v) is 10.5. The van der Waals surface area contributed by atoms with Gasteiger partial charge in [-0.3, -0.25) is 4.72 Å². The largest absolute Gasteiger partial charge is 0.488 e. The molecule has 2 aromatic rings.